The fraction of sp³-hybridized carbons (Fsp3) is 0.375. The molecule has 0 bridgehead atoms. The van der Waals surface area contributed by atoms with Crippen LogP contribution in [-0.4, -0.2) is 26.0 Å². The van der Waals surface area contributed by atoms with Gasteiger partial charge in [0.2, 0.25) is 0 Å². The number of nitrogens with one attached hydrogen (secondary N) is 2. The third-order valence-electron chi connectivity index (χ3n) is 5.81. The lowest BCUT2D eigenvalue weighted by atomic mass is 9.95. The number of H-pyrrole nitrogens is 1. The molecule has 1 fully saturated rings. The number of terminal acetylenes is 1. The van der Waals surface area contributed by atoms with Crippen LogP contribution in [0.2, 0.25) is 0 Å². The second-order valence-corrected chi connectivity index (χ2v) is 7.92. The maximum absolute atomic E-state index is 13.0. The van der Waals surface area contributed by atoms with Gasteiger partial charge < -0.3 is 15.4 Å². The highest BCUT2D eigenvalue weighted by atomic mass is 19.4. The largest absolute Gasteiger partial charge is 0.421 e. The summed E-state index contributed by atoms with van der Waals surface area (Å²) in [6.45, 7) is 4.22. The van der Waals surface area contributed by atoms with Crippen molar-refractivity contribution in [3.8, 4) is 19.4 Å². The Morgan fingerprint density at radius 2 is 1.71 bits per heavy atom. The third-order valence-corrected chi connectivity index (χ3v) is 5.81. The Balaban J connectivity index is 0.000000970. The van der Waals surface area contributed by atoms with E-state index in [2.05, 4.69) is 34.8 Å². The number of aromatic amines is 1. The Labute approximate surface area is 195 Å². The van der Waals surface area contributed by atoms with Crippen LogP contribution < -0.4 is 10.9 Å². The van der Waals surface area contributed by atoms with E-state index in [0.29, 0.717) is 23.8 Å². The second kappa shape index (κ2) is 10.9. The first-order valence-corrected chi connectivity index (χ1v) is 10.5. The Bertz CT molecular complexity index is 1180. The molecule has 0 aliphatic heterocycles. The molecule has 1 aromatic carbocycles. The number of halogens is 3. The van der Waals surface area contributed by atoms with Crippen molar-refractivity contribution in [2.24, 2.45) is 0 Å². The monoisotopic (exact) mass is 473 g/mol. The van der Waals surface area contributed by atoms with Crippen LogP contribution in [0.3, 0.4) is 0 Å². The SMILES string of the molecule is C#C.C#N.CC(O)(c1ccc(Nc2nn(C3CCCCC3)c3cc[nH]c(=O)c23)cc1)C(F)(F)F. The van der Waals surface area contributed by atoms with Crippen LogP contribution in [0, 0.1) is 24.7 Å². The summed E-state index contributed by atoms with van der Waals surface area (Å²) in [4.78, 5) is 15.1. The van der Waals surface area contributed by atoms with Gasteiger partial charge in [-0.15, -0.1) is 12.8 Å². The summed E-state index contributed by atoms with van der Waals surface area (Å²) in [7, 11) is 0. The van der Waals surface area contributed by atoms with Gasteiger partial charge in [0.05, 0.1) is 11.6 Å². The lowest BCUT2D eigenvalue weighted by molar-refractivity contribution is -0.258. The molecule has 1 unspecified atom stereocenters. The molecule has 34 heavy (non-hydrogen) atoms. The highest BCUT2D eigenvalue weighted by Gasteiger charge is 2.51. The molecule has 180 valence electrons. The van der Waals surface area contributed by atoms with Crippen molar-refractivity contribution in [1.82, 2.24) is 14.8 Å². The predicted octanol–water partition coefficient (Wildman–Crippen LogP) is 5.13. The number of aromatic nitrogens is 3. The Morgan fingerprint density at radius 1 is 1.12 bits per heavy atom. The molecule has 7 nitrogen and oxygen atoms in total. The average Bonchev–Trinajstić information content (AvgIpc) is 3.21. The van der Waals surface area contributed by atoms with E-state index in [1.54, 1.807) is 6.20 Å². The van der Waals surface area contributed by atoms with Crippen molar-refractivity contribution in [2.45, 2.75) is 56.8 Å². The highest BCUT2D eigenvalue weighted by Crippen LogP contribution is 2.39. The molecule has 0 spiro atoms. The Morgan fingerprint density at radius 3 is 2.26 bits per heavy atom. The number of rotatable bonds is 4. The zero-order valence-electron chi connectivity index (χ0n) is 18.6. The van der Waals surface area contributed by atoms with Crippen LogP contribution in [0.15, 0.2) is 41.3 Å². The summed E-state index contributed by atoms with van der Waals surface area (Å²) in [5.74, 6) is 0.354. The summed E-state index contributed by atoms with van der Waals surface area (Å²) in [6.07, 6.45) is 10.2. The van der Waals surface area contributed by atoms with Gasteiger partial charge in [-0.05, 0) is 43.5 Å². The number of benzene rings is 1. The van der Waals surface area contributed by atoms with E-state index in [0.717, 1.165) is 31.2 Å². The van der Waals surface area contributed by atoms with Gasteiger partial charge >= 0.3 is 6.18 Å². The number of pyridine rings is 1. The molecule has 1 saturated carbocycles. The number of fused-ring (bicyclic) bond motifs is 1. The van der Waals surface area contributed by atoms with Gasteiger partial charge in [-0.3, -0.25) is 9.48 Å². The number of nitriles is 1. The molecule has 3 aromatic rings. The summed E-state index contributed by atoms with van der Waals surface area (Å²) >= 11 is 0. The number of alkyl halides is 3. The zero-order chi connectivity index (χ0) is 25.5. The molecule has 3 N–H and O–H groups in total. The molecule has 4 rings (SSSR count). The average molecular weight is 473 g/mol. The number of hydrogen-bond acceptors (Lipinski definition) is 5. The van der Waals surface area contributed by atoms with E-state index in [1.807, 2.05) is 10.7 Å². The van der Waals surface area contributed by atoms with E-state index in [9.17, 15) is 23.1 Å². The van der Waals surface area contributed by atoms with Crippen molar-refractivity contribution in [1.29, 1.82) is 5.26 Å². The second-order valence-electron chi connectivity index (χ2n) is 7.92. The lowest BCUT2D eigenvalue weighted by Crippen LogP contribution is -2.39. The molecule has 0 saturated heterocycles. The third kappa shape index (κ3) is 5.24. The minimum Gasteiger partial charge on any atom is -0.376 e. The summed E-state index contributed by atoms with van der Waals surface area (Å²) in [5.41, 5.74) is -2.30. The standard InChI is InChI=1S/C21H23F3N4O2.C2H2.CHN/c1-20(30,21(22,23)24)13-7-9-14(10-8-13)26-18-17-16(11-12-25-19(17)29)28(27-18)15-5-3-2-4-6-15;2*1-2/h7-12,15,30H,2-6H2,1H3,(H,25,29)(H,26,27);1-2H;1H. The summed E-state index contributed by atoms with van der Waals surface area (Å²) in [5, 5.41) is 24.4. The zero-order valence-corrected chi connectivity index (χ0v) is 18.6. The first kappa shape index (κ1) is 26.5. The van der Waals surface area contributed by atoms with Gasteiger partial charge in [-0.1, -0.05) is 31.4 Å². The molecule has 2 heterocycles. The topological polar surface area (TPSA) is 107 Å². The Kier molecular flexibility index (Phi) is 8.50. The van der Waals surface area contributed by atoms with Crippen LogP contribution in [0.1, 0.15) is 50.6 Å². The maximum atomic E-state index is 13.0. The first-order chi connectivity index (χ1) is 16.2. The van der Waals surface area contributed by atoms with Gasteiger partial charge in [0, 0.05) is 18.5 Å². The van der Waals surface area contributed by atoms with Crippen LogP contribution >= 0.6 is 0 Å². The molecule has 1 aliphatic rings. The van der Waals surface area contributed by atoms with Gasteiger partial charge in [0.25, 0.3) is 5.56 Å². The van der Waals surface area contributed by atoms with Crippen LogP contribution in [-0.2, 0) is 5.60 Å². The number of aliphatic hydroxyl groups is 1. The molecular weight excluding hydrogens is 447 g/mol. The fourth-order valence-corrected chi connectivity index (χ4v) is 3.97. The van der Waals surface area contributed by atoms with E-state index < -0.39 is 11.8 Å². The van der Waals surface area contributed by atoms with Gasteiger partial charge in [0.1, 0.15) is 5.39 Å². The van der Waals surface area contributed by atoms with Crippen LogP contribution in [0.25, 0.3) is 10.9 Å². The van der Waals surface area contributed by atoms with Crippen molar-refractivity contribution in [3.05, 3.63) is 52.4 Å². The maximum Gasteiger partial charge on any atom is 0.421 e. The number of anilines is 2. The Hall–Kier alpha value is -3.76. The quantitative estimate of drug-likeness (QED) is 0.456. The van der Waals surface area contributed by atoms with E-state index in [-0.39, 0.29) is 17.2 Å². The molecule has 2 aromatic heterocycles. The number of hydrogen-bond donors (Lipinski definition) is 3. The lowest BCUT2D eigenvalue weighted by Gasteiger charge is -2.26. The van der Waals surface area contributed by atoms with Crippen molar-refractivity contribution >= 4 is 22.4 Å². The molecule has 10 heteroatoms. The fourth-order valence-electron chi connectivity index (χ4n) is 3.97. The highest BCUT2D eigenvalue weighted by molar-refractivity contribution is 5.91. The molecule has 0 radical (unpaired) electrons. The van der Waals surface area contributed by atoms with E-state index in [1.165, 1.54) is 30.7 Å². The van der Waals surface area contributed by atoms with Gasteiger partial charge in [0.15, 0.2) is 11.4 Å². The minimum absolute atomic E-state index is 0.211. The first-order valence-electron chi connectivity index (χ1n) is 10.5. The van der Waals surface area contributed by atoms with Crippen LogP contribution in [0.4, 0.5) is 24.7 Å². The van der Waals surface area contributed by atoms with Crippen molar-refractivity contribution < 1.29 is 18.3 Å². The van der Waals surface area contributed by atoms with Crippen molar-refractivity contribution in [3.63, 3.8) is 0 Å². The van der Waals surface area contributed by atoms with Crippen LogP contribution in [0.5, 0.6) is 0 Å². The summed E-state index contributed by atoms with van der Waals surface area (Å²) < 4.78 is 41.0. The van der Waals surface area contributed by atoms with Gasteiger partial charge in [-0.2, -0.15) is 18.3 Å². The van der Waals surface area contributed by atoms with E-state index in [4.69, 9.17) is 5.26 Å². The van der Waals surface area contributed by atoms with Gasteiger partial charge in [-0.25, -0.2) is 5.26 Å². The molecule has 0 amide bonds. The normalized spacial score (nSPS) is 15.8. The summed E-state index contributed by atoms with van der Waals surface area (Å²) in [6, 6.07) is 7.30. The number of nitrogens with zero attached hydrogens (tertiary/aromatic N) is 3. The van der Waals surface area contributed by atoms with E-state index >= 15 is 0 Å². The molecular formula is C24H26F3N5O2. The molecule has 1 aliphatic carbocycles. The smallest absolute Gasteiger partial charge is 0.376 e. The minimum atomic E-state index is -4.79. The predicted molar refractivity (Wildman–Crippen MR) is 124 cm³/mol. The molecule has 1 atom stereocenters. The van der Waals surface area contributed by atoms with Crippen molar-refractivity contribution in [2.75, 3.05) is 5.32 Å².